The summed E-state index contributed by atoms with van der Waals surface area (Å²) < 4.78 is 24.0. The van der Waals surface area contributed by atoms with Crippen molar-refractivity contribution in [2.45, 2.75) is 31.2 Å². The summed E-state index contributed by atoms with van der Waals surface area (Å²) in [5.41, 5.74) is 0. The van der Waals surface area contributed by atoms with Crippen LogP contribution >= 0.6 is 11.8 Å². The van der Waals surface area contributed by atoms with Crippen LogP contribution in [0.2, 0.25) is 0 Å². The summed E-state index contributed by atoms with van der Waals surface area (Å²) in [4.78, 5) is 24.6. The number of amides is 2. The number of carbonyl (C=O) groups excluding carboxylic acids is 1. The molecule has 0 aromatic carbocycles. The van der Waals surface area contributed by atoms with E-state index in [1.165, 1.54) is 16.7 Å². The molecule has 0 bridgehead atoms. The number of rotatable bonds is 7. The van der Waals surface area contributed by atoms with E-state index in [-0.39, 0.29) is 18.5 Å². The van der Waals surface area contributed by atoms with Gasteiger partial charge < -0.3 is 10.4 Å². The highest BCUT2D eigenvalue weighted by molar-refractivity contribution is 8.00. The van der Waals surface area contributed by atoms with Gasteiger partial charge in [0.15, 0.2) is 0 Å². The number of thioether (sulfide) groups is 1. The molecule has 3 N–H and O–H groups in total. The predicted molar refractivity (Wildman–Crippen MR) is 80.7 cm³/mol. The Morgan fingerprint density at radius 2 is 2.05 bits per heavy atom. The molecule has 2 amide bonds. The largest absolute Gasteiger partial charge is 0.480 e. The van der Waals surface area contributed by atoms with Crippen molar-refractivity contribution in [3.63, 3.8) is 0 Å². The smallest absolute Gasteiger partial charge is 0.327 e. The second kappa shape index (κ2) is 7.85. The van der Waals surface area contributed by atoms with Gasteiger partial charge in [0.05, 0.1) is 11.6 Å². The van der Waals surface area contributed by atoms with E-state index in [1.54, 1.807) is 0 Å². The second-order valence-electron chi connectivity index (χ2n) is 4.71. The Morgan fingerprint density at radius 1 is 1.38 bits per heavy atom. The normalized spacial score (nSPS) is 22.3. The number of urea groups is 1. The fourth-order valence-electron chi connectivity index (χ4n) is 1.97. The molecule has 2 unspecified atom stereocenters. The van der Waals surface area contributed by atoms with Crippen LogP contribution in [0.25, 0.3) is 0 Å². The third-order valence-corrected chi connectivity index (χ3v) is 5.14. The maximum Gasteiger partial charge on any atom is 0.327 e. The van der Waals surface area contributed by atoms with E-state index in [0.29, 0.717) is 18.6 Å². The summed E-state index contributed by atoms with van der Waals surface area (Å²) in [6.07, 6.45) is 2.18. The number of nitrogens with zero attached hydrogens (tertiary/aromatic N) is 1. The van der Waals surface area contributed by atoms with Gasteiger partial charge >= 0.3 is 12.0 Å². The van der Waals surface area contributed by atoms with Gasteiger partial charge in [-0.3, -0.25) is 4.90 Å². The van der Waals surface area contributed by atoms with Crippen LogP contribution < -0.4 is 10.0 Å². The SMILES string of the molecule is CCC1SCC(C(=O)O)N1C(=O)NCCCNS(C)(=O)=O. The summed E-state index contributed by atoms with van der Waals surface area (Å²) in [5.74, 6) is -0.621. The third kappa shape index (κ3) is 5.71. The molecule has 0 aliphatic carbocycles. The number of nitrogens with one attached hydrogen (secondary N) is 2. The van der Waals surface area contributed by atoms with Crippen molar-refractivity contribution in [1.82, 2.24) is 14.9 Å². The molecule has 1 fully saturated rings. The van der Waals surface area contributed by atoms with Crippen molar-refractivity contribution in [1.29, 1.82) is 0 Å². The van der Waals surface area contributed by atoms with Crippen molar-refractivity contribution in [2.24, 2.45) is 0 Å². The minimum Gasteiger partial charge on any atom is -0.480 e. The fourth-order valence-corrected chi connectivity index (χ4v) is 3.83. The van der Waals surface area contributed by atoms with Crippen LogP contribution in [0.3, 0.4) is 0 Å². The lowest BCUT2D eigenvalue weighted by molar-refractivity contribution is -0.141. The Kier molecular flexibility index (Phi) is 6.75. The molecule has 1 heterocycles. The van der Waals surface area contributed by atoms with Gasteiger partial charge in [-0.2, -0.15) is 0 Å². The van der Waals surface area contributed by atoms with Gasteiger partial charge in [0.1, 0.15) is 6.04 Å². The summed E-state index contributed by atoms with van der Waals surface area (Å²) in [7, 11) is -3.23. The van der Waals surface area contributed by atoms with Crippen molar-refractivity contribution < 1.29 is 23.1 Å². The first kappa shape index (κ1) is 18.1. The molecule has 0 aromatic rings. The fraction of sp³-hybridized carbons (Fsp3) is 0.818. The van der Waals surface area contributed by atoms with Crippen LogP contribution in [0, 0.1) is 0 Å². The van der Waals surface area contributed by atoms with Crippen LogP contribution in [0.1, 0.15) is 19.8 Å². The lowest BCUT2D eigenvalue weighted by Crippen LogP contribution is -2.50. The molecule has 2 atom stereocenters. The van der Waals surface area contributed by atoms with Crippen molar-refractivity contribution in [3.05, 3.63) is 0 Å². The maximum absolute atomic E-state index is 12.1. The molecule has 1 aliphatic rings. The summed E-state index contributed by atoms with van der Waals surface area (Å²) in [5, 5.41) is 11.6. The maximum atomic E-state index is 12.1. The quantitative estimate of drug-likeness (QED) is 0.557. The number of carboxylic acids is 1. The second-order valence-corrected chi connectivity index (χ2v) is 7.75. The molecule has 1 aliphatic heterocycles. The number of carbonyl (C=O) groups is 2. The molecule has 1 saturated heterocycles. The van der Waals surface area contributed by atoms with Gasteiger partial charge in [0.2, 0.25) is 10.0 Å². The Labute approximate surface area is 128 Å². The Hall–Kier alpha value is -1.00. The van der Waals surface area contributed by atoms with E-state index < -0.39 is 28.1 Å². The zero-order valence-electron chi connectivity index (χ0n) is 12.0. The zero-order chi connectivity index (χ0) is 16.0. The summed E-state index contributed by atoms with van der Waals surface area (Å²) in [6, 6.07) is -1.23. The van der Waals surface area contributed by atoms with Crippen molar-refractivity contribution in [3.8, 4) is 0 Å². The minimum atomic E-state index is -3.23. The van der Waals surface area contributed by atoms with E-state index in [0.717, 1.165) is 6.26 Å². The summed E-state index contributed by atoms with van der Waals surface area (Å²) in [6.45, 7) is 2.41. The standard InChI is InChI=1S/C11H21N3O5S2/c1-3-9-14(8(7-20-9)10(15)16)11(17)12-5-4-6-13-21(2,18)19/h8-9,13H,3-7H2,1-2H3,(H,12,17)(H,15,16). The predicted octanol–water partition coefficient (Wildman–Crippen LogP) is -0.127. The number of hydrogen-bond donors (Lipinski definition) is 3. The molecule has 10 heteroatoms. The Morgan fingerprint density at radius 3 is 2.57 bits per heavy atom. The molecule has 8 nitrogen and oxygen atoms in total. The first-order valence-electron chi connectivity index (χ1n) is 6.61. The van der Waals surface area contributed by atoms with Crippen LogP contribution in [-0.2, 0) is 14.8 Å². The van der Waals surface area contributed by atoms with E-state index >= 15 is 0 Å². The van der Waals surface area contributed by atoms with Crippen LogP contribution in [0.4, 0.5) is 4.79 Å². The molecule has 0 saturated carbocycles. The highest BCUT2D eigenvalue weighted by atomic mass is 32.2. The van der Waals surface area contributed by atoms with Gasteiger partial charge in [0.25, 0.3) is 0 Å². The van der Waals surface area contributed by atoms with Crippen LogP contribution in [0.5, 0.6) is 0 Å². The lowest BCUT2D eigenvalue weighted by atomic mass is 10.3. The average molecular weight is 339 g/mol. The van der Waals surface area contributed by atoms with Gasteiger partial charge in [0, 0.05) is 18.8 Å². The van der Waals surface area contributed by atoms with Gasteiger partial charge in [-0.15, -0.1) is 11.8 Å². The molecular formula is C11H21N3O5S2. The van der Waals surface area contributed by atoms with Crippen LogP contribution in [0.15, 0.2) is 0 Å². The lowest BCUT2D eigenvalue weighted by Gasteiger charge is -2.26. The number of carboxylic acid groups (broad SMARTS) is 1. The molecule has 0 spiro atoms. The molecule has 122 valence electrons. The van der Waals surface area contributed by atoms with E-state index in [4.69, 9.17) is 5.11 Å². The van der Waals surface area contributed by atoms with Crippen molar-refractivity contribution in [2.75, 3.05) is 25.1 Å². The third-order valence-electron chi connectivity index (χ3n) is 2.96. The monoisotopic (exact) mass is 339 g/mol. The Bertz CT molecular complexity index is 482. The molecule has 0 aromatic heterocycles. The molecule has 1 rings (SSSR count). The van der Waals surface area contributed by atoms with Crippen molar-refractivity contribution >= 4 is 33.8 Å². The first-order chi connectivity index (χ1) is 9.76. The molecule has 21 heavy (non-hydrogen) atoms. The van der Waals surface area contributed by atoms with Gasteiger partial charge in [-0.1, -0.05) is 6.92 Å². The van der Waals surface area contributed by atoms with Gasteiger partial charge in [-0.25, -0.2) is 22.7 Å². The minimum absolute atomic E-state index is 0.139. The van der Waals surface area contributed by atoms with E-state index in [2.05, 4.69) is 10.0 Å². The highest BCUT2D eigenvalue weighted by Crippen LogP contribution is 2.31. The number of aliphatic carboxylic acids is 1. The van der Waals surface area contributed by atoms with Gasteiger partial charge in [-0.05, 0) is 12.8 Å². The Balaban J connectivity index is 2.43. The summed E-state index contributed by atoms with van der Waals surface area (Å²) >= 11 is 1.45. The topological polar surface area (TPSA) is 116 Å². The number of sulfonamides is 1. The molecule has 0 radical (unpaired) electrons. The van der Waals surface area contributed by atoms with E-state index in [9.17, 15) is 18.0 Å². The average Bonchev–Trinajstić information content (AvgIpc) is 2.80. The highest BCUT2D eigenvalue weighted by Gasteiger charge is 2.40. The first-order valence-corrected chi connectivity index (χ1v) is 9.55. The van der Waals surface area contributed by atoms with E-state index in [1.807, 2.05) is 6.92 Å². The van der Waals surface area contributed by atoms with Crippen LogP contribution in [-0.4, -0.2) is 66.9 Å². The number of hydrogen-bond acceptors (Lipinski definition) is 5. The molecular weight excluding hydrogens is 318 g/mol. The zero-order valence-corrected chi connectivity index (χ0v) is 13.7.